The standard InChI is InChI=1S/C9H10ClN5O/c1-6-14-7(10)4-8(15-6)11-3-2-9-12-5-13-16-9/h4-5H,2-3H2,1H3,(H,11,14,15). The number of hydrogen-bond donors (Lipinski definition) is 1. The second-order valence-corrected chi connectivity index (χ2v) is 3.52. The first-order chi connectivity index (χ1) is 7.74. The van der Waals surface area contributed by atoms with E-state index >= 15 is 0 Å². The van der Waals surface area contributed by atoms with Gasteiger partial charge >= 0.3 is 0 Å². The van der Waals surface area contributed by atoms with Gasteiger partial charge in [-0.1, -0.05) is 16.8 Å². The van der Waals surface area contributed by atoms with Crippen LogP contribution in [0.4, 0.5) is 5.82 Å². The molecule has 0 amide bonds. The van der Waals surface area contributed by atoms with Crippen molar-refractivity contribution in [1.29, 1.82) is 0 Å². The van der Waals surface area contributed by atoms with Crippen molar-refractivity contribution in [2.24, 2.45) is 0 Å². The number of rotatable bonds is 4. The van der Waals surface area contributed by atoms with Crippen molar-refractivity contribution < 1.29 is 4.52 Å². The van der Waals surface area contributed by atoms with E-state index in [1.807, 2.05) is 0 Å². The maximum absolute atomic E-state index is 5.80. The van der Waals surface area contributed by atoms with E-state index in [2.05, 4.69) is 25.4 Å². The van der Waals surface area contributed by atoms with Crippen molar-refractivity contribution in [3.05, 3.63) is 29.3 Å². The molecule has 2 heterocycles. The zero-order chi connectivity index (χ0) is 11.4. The smallest absolute Gasteiger partial charge is 0.228 e. The largest absolute Gasteiger partial charge is 0.369 e. The Bertz CT molecular complexity index is 439. The predicted molar refractivity (Wildman–Crippen MR) is 58.3 cm³/mol. The minimum Gasteiger partial charge on any atom is -0.369 e. The molecule has 0 unspecified atom stereocenters. The molecular formula is C9H10ClN5O. The molecule has 84 valence electrons. The number of nitrogens with one attached hydrogen (secondary N) is 1. The van der Waals surface area contributed by atoms with Crippen molar-refractivity contribution in [2.45, 2.75) is 13.3 Å². The molecule has 0 aromatic carbocycles. The summed E-state index contributed by atoms with van der Waals surface area (Å²) >= 11 is 5.80. The van der Waals surface area contributed by atoms with Gasteiger partial charge < -0.3 is 9.84 Å². The molecular weight excluding hydrogens is 230 g/mol. The zero-order valence-corrected chi connectivity index (χ0v) is 9.40. The molecule has 0 saturated heterocycles. The van der Waals surface area contributed by atoms with Crippen LogP contribution in [0.25, 0.3) is 0 Å². The molecule has 6 nitrogen and oxygen atoms in total. The second kappa shape index (κ2) is 4.89. The Labute approximate surface area is 97.1 Å². The quantitative estimate of drug-likeness (QED) is 0.815. The van der Waals surface area contributed by atoms with Crippen molar-refractivity contribution in [2.75, 3.05) is 11.9 Å². The summed E-state index contributed by atoms with van der Waals surface area (Å²) in [6, 6.07) is 1.67. The van der Waals surface area contributed by atoms with E-state index in [1.54, 1.807) is 13.0 Å². The third kappa shape index (κ3) is 2.90. The van der Waals surface area contributed by atoms with Crippen LogP contribution in [-0.2, 0) is 6.42 Å². The summed E-state index contributed by atoms with van der Waals surface area (Å²) in [6.07, 6.45) is 2.02. The lowest BCUT2D eigenvalue weighted by Gasteiger charge is -2.04. The van der Waals surface area contributed by atoms with E-state index in [1.165, 1.54) is 6.33 Å². The van der Waals surface area contributed by atoms with Gasteiger partial charge in [0.25, 0.3) is 0 Å². The molecule has 0 atom stereocenters. The Morgan fingerprint density at radius 3 is 3.00 bits per heavy atom. The Balaban J connectivity index is 1.89. The summed E-state index contributed by atoms with van der Waals surface area (Å²) in [5, 5.41) is 7.04. The maximum atomic E-state index is 5.80. The fourth-order valence-electron chi connectivity index (χ4n) is 1.23. The molecule has 2 aromatic heterocycles. The van der Waals surface area contributed by atoms with Gasteiger partial charge in [0, 0.05) is 19.0 Å². The first-order valence-corrected chi connectivity index (χ1v) is 5.12. The maximum Gasteiger partial charge on any atom is 0.228 e. The topological polar surface area (TPSA) is 76.7 Å². The lowest BCUT2D eigenvalue weighted by atomic mass is 10.4. The van der Waals surface area contributed by atoms with Gasteiger partial charge in [0.15, 0.2) is 6.33 Å². The number of anilines is 1. The molecule has 16 heavy (non-hydrogen) atoms. The van der Waals surface area contributed by atoms with E-state index in [4.69, 9.17) is 16.1 Å². The summed E-state index contributed by atoms with van der Waals surface area (Å²) in [6.45, 7) is 2.43. The van der Waals surface area contributed by atoms with Gasteiger partial charge in [-0.3, -0.25) is 0 Å². The second-order valence-electron chi connectivity index (χ2n) is 3.13. The molecule has 1 N–H and O–H groups in total. The van der Waals surface area contributed by atoms with Gasteiger partial charge in [-0.25, -0.2) is 9.97 Å². The fourth-order valence-corrected chi connectivity index (χ4v) is 1.45. The summed E-state index contributed by atoms with van der Waals surface area (Å²) < 4.78 is 4.86. The summed E-state index contributed by atoms with van der Waals surface area (Å²) in [5.74, 6) is 1.91. The number of aromatic nitrogens is 4. The van der Waals surface area contributed by atoms with Crippen LogP contribution in [0.2, 0.25) is 5.15 Å². The van der Waals surface area contributed by atoms with Gasteiger partial charge in [0.05, 0.1) is 0 Å². The molecule has 0 saturated carbocycles. The van der Waals surface area contributed by atoms with Crippen molar-refractivity contribution in [3.8, 4) is 0 Å². The fraction of sp³-hybridized carbons (Fsp3) is 0.333. The van der Waals surface area contributed by atoms with Crippen LogP contribution in [0.3, 0.4) is 0 Å². The highest BCUT2D eigenvalue weighted by atomic mass is 35.5. The van der Waals surface area contributed by atoms with Gasteiger partial charge in [-0.2, -0.15) is 4.98 Å². The predicted octanol–water partition coefficient (Wildman–Crippen LogP) is 1.48. The highest BCUT2D eigenvalue weighted by Gasteiger charge is 2.01. The van der Waals surface area contributed by atoms with E-state index in [-0.39, 0.29) is 0 Å². The van der Waals surface area contributed by atoms with E-state index in [0.29, 0.717) is 35.7 Å². The lowest BCUT2D eigenvalue weighted by molar-refractivity contribution is 0.379. The normalized spacial score (nSPS) is 10.4. The van der Waals surface area contributed by atoms with E-state index in [0.717, 1.165) is 0 Å². The first kappa shape index (κ1) is 10.8. The number of halogens is 1. The van der Waals surface area contributed by atoms with Gasteiger partial charge in [-0.05, 0) is 6.92 Å². The molecule has 0 spiro atoms. The average molecular weight is 240 g/mol. The summed E-state index contributed by atoms with van der Waals surface area (Å²) in [4.78, 5) is 12.1. The van der Waals surface area contributed by atoms with Crippen molar-refractivity contribution in [1.82, 2.24) is 20.1 Å². The third-order valence-electron chi connectivity index (χ3n) is 1.86. The number of nitrogens with zero attached hydrogens (tertiary/aromatic N) is 4. The van der Waals surface area contributed by atoms with Crippen LogP contribution < -0.4 is 5.32 Å². The Morgan fingerprint density at radius 2 is 2.31 bits per heavy atom. The Hall–Kier alpha value is -1.69. The number of aryl methyl sites for hydroxylation is 1. The molecule has 0 aliphatic carbocycles. The van der Waals surface area contributed by atoms with Crippen LogP contribution in [0.5, 0.6) is 0 Å². The molecule has 0 fully saturated rings. The molecule has 0 aliphatic rings. The Kier molecular flexibility index (Phi) is 3.31. The minimum atomic E-state index is 0.424. The number of hydrogen-bond acceptors (Lipinski definition) is 6. The van der Waals surface area contributed by atoms with Crippen molar-refractivity contribution >= 4 is 17.4 Å². The molecule has 0 radical (unpaired) electrons. The highest BCUT2D eigenvalue weighted by molar-refractivity contribution is 6.29. The molecule has 0 bridgehead atoms. The first-order valence-electron chi connectivity index (χ1n) is 4.74. The SMILES string of the molecule is Cc1nc(Cl)cc(NCCc2ncno2)n1. The van der Waals surface area contributed by atoms with Gasteiger partial charge in [0.1, 0.15) is 16.8 Å². The molecule has 0 aliphatic heterocycles. The van der Waals surface area contributed by atoms with Crippen LogP contribution in [0.1, 0.15) is 11.7 Å². The third-order valence-corrected chi connectivity index (χ3v) is 2.05. The minimum absolute atomic E-state index is 0.424. The van der Waals surface area contributed by atoms with Crippen LogP contribution in [0, 0.1) is 6.92 Å². The molecule has 2 rings (SSSR count). The summed E-state index contributed by atoms with van der Waals surface area (Å²) in [7, 11) is 0. The van der Waals surface area contributed by atoms with E-state index in [9.17, 15) is 0 Å². The van der Waals surface area contributed by atoms with Crippen LogP contribution >= 0.6 is 11.6 Å². The van der Waals surface area contributed by atoms with Gasteiger partial charge in [-0.15, -0.1) is 0 Å². The highest BCUT2D eigenvalue weighted by Crippen LogP contribution is 2.10. The average Bonchev–Trinajstić information content (AvgIpc) is 2.69. The lowest BCUT2D eigenvalue weighted by Crippen LogP contribution is -2.07. The van der Waals surface area contributed by atoms with E-state index < -0.39 is 0 Å². The summed E-state index contributed by atoms with van der Waals surface area (Å²) in [5.41, 5.74) is 0. The van der Waals surface area contributed by atoms with Gasteiger partial charge in [0.2, 0.25) is 5.89 Å². The Morgan fingerprint density at radius 1 is 1.44 bits per heavy atom. The monoisotopic (exact) mass is 239 g/mol. The molecule has 7 heteroatoms. The van der Waals surface area contributed by atoms with Crippen LogP contribution in [0.15, 0.2) is 16.9 Å². The van der Waals surface area contributed by atoms with Crippen molar-refractivity contribution in [3.63, 3.8) is 0 Å². The molecule has 2 aromatic rings. The zero-order valence-electron chi connectivity index (χ0n) is 8.64. The van der Waals surface area contributed by atoms with Crippen LogP contribution in [-0.4, -0.2) is 26.7 Å².